The van der Waals surface area contributed by atoms with Crippen molar-refractivity contribution in [3.05, 3.63) is 29.8 Å². The molecule has 120 valence electrons. The van der Waals surface area contributed by atoms with Crippen LogP contribution in [0.25, 0.3) is 0 Å². The van der Waals surface area contributed by atoms with Gasteiger partial charge in [0.15, 0.2) is 0 Å². The van der Waals surface area contributed by atoms with Crippen LogP contribution in [0.4, 0.5) is 0 Å². The second-order valence-corrected chi connectivity index (χ2v) is 6.18. The van der Waals surface area contributed by atoms with Crippen LogP contribution in [0.15, 0.2) is 24.3 Å². The molecule has 2 N–H and O–H groups in total. The molecule has 0 radical (unpaired) electrons. The third kappa shape index (κ3) is 3.59. The predicted octanol–water partition coefficient (Wildman–Crippen LogP) is 2.24. The van der Waals surface area contributed by atoms with Gasteiger partial charge in [-0.3, -0.25) is 9.59 Å². The Morgan fingerprint density at radius 1 is 1.36 bits per heavy atom. The van der Waals surface area contributed by atoms with E-state index in [4.69, 9.17) is 4.74 Å². The fourth-order valence-corrected chi connectivity index (χ4v) is 2.75. The molecule has 22 heavy (non-hydrogen) atoms. The Balaban J connectivity index is 1.98. The van der Waals surface area contributed by atoms with Crippen LogP contribution in [-0.2, 0) is 16.0 Å². The van der Waals surface area contributed by atoms with Crippen molar-refractivity contribution < 1.29 is 19.4 Å². The SMILES string of the molecule is COc1ccccc1CC(CNC(=O)C1(C)CCC1)C(=O)O. The van der Waals surface area contributed by atoms with Crippen LogP contribution in [0.2, 0.25) is 0 Å². The molecule has 1 atom stereocenters. The maximum Gasteiger partial charge on any atom is 0.308 e. The number of carboxylic acids is 1. The van der Waals surface area contributed by atoms with Gasteiger partial charge in [-0.15, -0.1) is 0 Å². The largest absolute Gasteiger partial charge is 0.496 e. The van der Waals surface area contributed by atoms with Crippen molar-refractivity contribution in [1.82, 2.24) is 5.32 Å². The van der Waals surface area contributed by atoms with E-state index in [9.17, 15) is 14.7 Å². The topological polar surface area (TPSA) is 75.6 Å². The van der Waals surface area contributed by atoms with Crippen LogP contribution < -0.4 is 10.1 Å². The second kappa shape index (κ2) is 6.81. The van der Waals surface area contributed by atoms with Gasteiger partial charge in [-0.25, -0.2) is 0 Å². The van der Waals surface area contributed by atoms with Gasteiger partial charge in [0.2, 0.25) is 5.91 Å². The number of para-hydroxylation sites is 1. The highest BCUT2D eigenvalue weighted by molar-refractivity contribution is 5.83. The Hall–Kier alpha value is -2.04. The molecule has 1 unspecified atom stereocenters. The fraction of sp³-hybridized carbons (Fsp3) is 0.529. The Bertz CT molecular complexity index is 551. The van der Waals surface area contributed by atoms with Gasteiger partial charge in [0.25, 0.3) is 0 Å². The van der Waals surface area contributed by atoms with E-state index in [0.717, 1.165) is 24.8 Å². The summed E-state index contributed by atoms with van der Waals surface area (Å²) >= 11 is 0. The molecule has 1 aliphatic rings. The number of carbonyl (C=O) groups excluding carboxylic acids is 1. The first-order valence-electron chi connectivity index (χ1n) is 7.59. The molecule has 1 aromatic rings. The van der Waals surface area contributed by atoms with E-state index >= 15 is 0 Å². The molecular formula is C17H23NO4. The molecule has 0 heterocycles. The summed E-state index contributed by atoms with van der Waals surface area (Å²) in [5, 5.41) is 12.2. The van der Waals surface area contributed by atoms with Crippen molar-refractivity contribution in [1.29, 1.82) is 0 Å². The van der Waals surface area contributed by atoms with Gasteiger partial charge >= 0.3 is 5.97 Å². The Labute approximate surface area is 130 Å². The van der Waals surface area contributed by atoms with Crippen molar-refractivity contribution in [2.75, 3.05) is 13.7 Å². The number of carbonyl (C=O) groups is 2. The monoisotopic (exact) mass is 305 g/mol. The molecular weight excluding hydrogens is 282 g/mol. The third-order valence-electron chi connectivity index (χ3n) is 4.52. The smallest absolute Gasteiger partial charge is 0.308 e. The minimum absolute atomic E-state index is 0.0370. The van der Waals surface area contributed by atoms with Crippen LogP contribution in [0.1, 0.15) is 31.7 Å². The number of carboxylic acid groups (broad SMARTS) is 1. The molecule has 0 saturated heterocycles. The molecule has 5 heteroatoms. The zero-order valence-corrected chi connectivity index (χ0v) is 13.1. The van der Waals surface area contributed by atoms with Gasteiger partial charge < -0.3 is 15.2 Å². The van der Waals surface area contributed by atoms with Crippen molar-refractivity contribution in [2.45, 2.75) is 32.6 Å². The van der Waals surface area contributed by atoms with Gasteiger partial charge in [0.05, 0.1) is 13.0 Å². The normalized spacial score (nSPS) is 17.2. The Kier molecular flexibility index (Phi) is 5.06. The van der Waals surface area contributed by atoms with Crippen LogP contribution in [-0.4, -0.2) is 30.6 Å². The van der Waals surface area contributed by atoms with E-state index in [2.05, 4.69) is 5.32 Å². The fourth-order valence-electron chi connectivity index (χ4n) is 2.75. The number of ether oxygens (including phenoxy) is 1. The molecule has 0 spiro atoms. The van der Waals surface area contributed by atoms with E-state index < -0.39 is 11.9 Å². The second-order valence-electron chi connectivity index (χ2n) is 6.18. The minimum Gasteiger partial charge on any atom is -0.496 e. The summed E-state index contributed by atoms with van der Waals surface area (Å²) in [6, 6.07) is 7.36. The first kappa shape index (κ1) is 16.3. The number of hydrogen-bond acceptors (Lipinski definition) is 3. The number of rotatable bonds is 7. The number of nitrogens with one attached hydrogen (secondary N) is 1. The molecule has 0 aliphatic heterocycles. The molecule has 5 nitrogen and oxygen atoms in total. The lowest BCUT2D eigenvalue weighted by Gasteiger charge is -2.36. The molecule has 0 bridgehead atoms. The first-order valence-corrected chi connectivity index (χ1v) is 7.59. The first-order chi connectivity index (χ1) is 10.5. The summed E-state index contributed by atoms with van der Waals surface area (Å²) in [6.45, 7) is 2.07. The van der Waals surface area contributed by atoms with Crippen molar-refractivity contribution in [2.24, 2.45) is 11.3 Å². The Morgan fingerprint density at radius 3 is 2.59 bits per heavy atom. The van der Waals surface area contributed by atoms with Crippen molar-refractivity contribution in [3.63, 3.8) is 0 Å². The molecule has 0 aromatic heterocycles. The van der Waals surface area contributed by atoms with Gasteiger partial charge in [-0.05, 0) is 30.9 Å². The zero-order chi connectivity index (χ0) is 16.2. The highest BCUT2D eigenvalue weighted by Crippen LogP contribution is 2.40. The van der Waals surface area contributed by atoms with E-state index in [-0.39, 0.29) is 17.9 Å². The van der Waals surface area contributed by atoms with Gasteiger partial charge in [-0.2, -0.15) is 0 Å². The molecule has 1 amide bonds. The maximum atomic E-state index is 12.1. The number of benzene rings is 1. The van der Waals surface area contributed by atoms with Crippen molar-refractivity contribution >= 4 is 11.9 Å². The van der Waals surface area contributed by atoms with Crippen molar-refractivity contribution in [3.8, 4) is 5.75 Å². The summed E-state index contributed by atoms with van der Waals surface area (Å²) in [6.07, 6.45) is 3.15. The molecule has 2 rings (SSSR count). The van der Waals surface area contributed by atoms with Gasteiger partial charge in [0.1, 0.15) is 5.75 Å². The lowest BCUT2D eigenvalue weighted by atomic mass is 9.70. The summed E-state index contributed by atoms with van der Waals surface area (Å²) < 4.78 is 5.25. The summed E-state index contributed by atoms with van der Waals surface area (Å²) in [5.74, 6) is -0.940. The standard InChI is InChI=1S/C17H23NO4/c1-17(8-5-9-17)16(21)18-11-13(15(19)20)10-12-6-3-4-7-14(12)22-2/h3-4,6-7,13H,5,8-11H2,1-2H3,(H,18,21)(H,19,20). The predicted molar refractivity (Wildman–Crippen MR) is 82.8 cm³/mol. The lowest BCUT2D eigenvalue weighted by molar-refractivity contribution is -0.142. The zero-order valence-electron chi connectivity index (χ0n) is 13.1. The van der Waals surface area contributed by atoms with Gasteiger partial charge in [-0.1, -0.05) is 31.5 Å². The maximum absolute atomic E-state index is 12.1. The minimum atomic E-state index is -0.912. The van der Waals surface area contributed by atoms with Crippen LogP contribution >= 0.6 is 0 Å². The molecule has 1 fully saturated rings. The van der Waals surface area contributed by atoms with Gasteiger partial charge in [0, 0.05) is 12.0 Å². The number of aliphatic carboxylic acids is 1. The molecule has 1 aliphatic carbocycles. The third-order valence-corrected chi connectivity index (χ3v) is 4.52. The summed E-state index contributed by atoms with van der Waals surface area (Å²) in [5.41, 5.74) is 0.523. The van der Waals surface area contributed by atoms with E-state index in [0.29, 0.717) is 12.2 Å². The van der Waals surface area contributed by atoms with E-state index in [1.54, 1.807) is 7.11 Å². The van der Waals surface area contributed by atoms with E-state index in [1.807, 2.05) is 31.2 Å². The molecule has 1 aromatic carbocycles. The lowest BCUT2D eigenvalue weighted by Crippen LogP contribution is -2.46. The molecule has 1 saturated carbocycles. The van der Waals surface area contributed by atoms with Crippen LogP contribution in [0, 0.1) is 11.3 Å². The average molecular weight is 305 g/mol. The summed E-state index contributed by atoms with van der Waals surface area (Å²) in [7, 11) is 1.56. The quantitative estimate of drug-likeness (QED) is 0.810. The van der Waals surface area contributed by atoms with E-state index in [1.165, 1.54) is 0 Å². The van der Waals surface area contributed by atoms with Crippen LogP contribution in [0.5, 0.6) is 5.75 Å². The number of amides is 1. The summed E-state index contributed by atoms with van der Waals surface area (Å²) in [4.78, 5) is 23.6. The highest BCUT2D eigenvalue weighted by Gasteiger charge is 2.39. The number of hydrogen-bond donors (Lipinski definition) is 2. The average Bonchev–Trinajstić information content (AvgIpc) is 2.48. The Morgan fingerprint density at radius 2 is 2.05 bits per heavy atom. The number of methoxy groups -OCH3 is 1. The highest BCUT2D eigenvalue weighted by atomic mass is 16.5. The van der Waals surface area contributed by atoms with Crippen LogP contribution in [0.3, 0.4) is 0 Å².